The van der Waals surface area contributed by atoms with Crippen LogP contribution in [0.25, 0.3) is 12.2 Å². The van der Waals surface area contributed by atoms with Crippen LogP contribution in [0.2, 0.25) is 0 Å². The Kier molecular flexibility index (Phi) is 6.41. The van der Waals surface area contributed by atoms with Crippen LogP contribution in [0.5, 0.6) is 17.2 Å². The summed E-state index contributed by atoms with van der Waals surface area (Å²) in [5.74, 6) is 0.677. The van der Waals surface area contributed by atoms with Gasteiger partial charge in [0.2, 0.25) is 0 Å². The Morgan fingerprint density at radius 1 is 0.800 bits per heavy atom. The fourth-order valence-electron chi connectivity index (χ4n) is 2.66. The Bertz CT molecular complexity index is 742. The molecule has 0 radical (unpaired) electrons. The van der Waals surface area contributed by atoms with Crippen molar-refractivity contribution in [2.75, 3.05) is 14.2 Å². The highest BCUT2D eigenvalue weighted by atomic mass is 16.5. The van der Waals surface area contributed by atoms with Gasteiger partial charge >= 0.3 is 0 Å². The lowest BCUT2D eigenvalue weighted by atomic mass is 10.0. The molecule has 25 heavy (non-hydrogen) atoms. The van der Waals surface area contributed by atoms with E-state index in [2.05, 4.69) is 0 Å². The second-order valence-corrected chi connectivity index (χ2v) is 5.40. The molecule has 0 aromatic heterocycles. The van der Waals surface area contributed by atoms with Crippen LogP contribution >= 0.6 is 0 Å². The van der Waals surface area contributed by atoms with Gasteiger partial charge in [-0.3, -0.25) is 0 Å². The lowest BCUT2D eigenvalue weighted by Gasteiger charge is -2.12. The highest BCUT2D eigenvalue weighted by Crippen LogP contribution is 2.32. The number of rotatable bonds is 7. The maximum absolute atomic E-state index is 9.98. The van der Waals surface area contributed by atoms with Gasteiger partial charge in [0, 0.05) is 11.1 Å². The normalized spacial score (nSPS) is 11.1. The molecule has 0 atom stereocenters. The highest BCUT2D eigenvalue weighted by Gasteiger charge is 2.11. The molecule has 2 aromatic carbocycles. The number of aliphatic hydroxyl groups is 3. The van der Waals surface area contributed by atoms with Gasteiger partial charge in [-0.2, -0.15) is 0 Å². The van der Waals surface area contributed by atoms with Gasteiger partial charge in [0.1, 0.15) is 5.75 Å². The fourth-order valence-corrected chi connectivity index (χ4v) is 2.66. The zero-order valence-corrected chi connectivity index (χ0v) is 14.2. The lowest BCUT2D eigenvalue weighted by molar-refractivity contribution is 0.254. The van der Waals surface area contributed by atoms with Crippen molar-refractivity contribution >= 4 is 12.2 Å². The van der Waals surface area contributed by atoms with Gasteiger partial charge in [-0.15, -0.1) is 0 Å². The minimum absolute atomic E-state index is 0.0574. The van der Waals surface area contributed by atoms with Crippen LogP contribution in [0.4, 0.5) is 0 Å². The summed E-state index contributed by atoms with van der Waals surface area (Å²) in [4.78, 5) is 0. The van der Waals surface area contributed by atoms with Gasteiger partial charge < -0.3 is 29.9 Å². The van der Waals surface area contributed by atoms with Gasteiger partial charge in [0.15, 0.2) is 11.5 Å². The zero-order chi connectivity index (χ0) is 18.4. The van der Waals surface area contributed by atoms with Crippen molar-refractivity contribution in [3.05, 3.63) is 52.1 Å². The predicted octanol–water partition coefficient (Wildman–Crippen LogP) is 2.06. The molecular weight excluding hydrogens is 324 g/mol. The average molecular weight is 346 g/mol. The van der Waals surface area contributed by atoms with Gasteiger partial charge in [-0.1, -0.05) is 12.2 Å². The number of phenolic OH excluding ortho intramolecular Hbond substituents is 1. The Labute approximate surface area is 146 Å². The largest absolute Gasteiger partial charge is 0.504 e. The number of methoxy groups -OCH3 is 2. The molecule has 6 heteroatoms. The summed E-state index contributed by atoms with van der Waals surface area (Å²) in [6, 6.07) is 6.74. The molecule has 0 unspecified atom stereocenters. The van der Waals surface area contributed by atoms with Crippen molar-refractivity contribution in [1.29, 1.82) is 0 Å². The van der Waals surface area contributed by atoms with E-state index in [0.29, 0.717) is 28.0 Å². The number of aromatic hydroxyl groups is 1. The van der Waals surface area contributed by atoms with Gasteiger partial charge in [-0.05, 0) is 41.0 Å². The van der Waals surface area contributed by atoms with E-state index in [-0.39, 0.29) is 31.3 Å². The highest BCUT2D eigenvalue weighted by molar-refractivity contribution is 5.73. The summed E-state index contributed by atoms with van der Waals surface area (Å²) in [5, 5.41) is 38.3. The Hall–Kier alpha value is -2.54. The number of hydrogen-bond donors (Lipinski definition) is 4. The van der Waals surface area contributed by atoms with Crippen LogP contribution in [0, 0.1) is 0 Å². The van der Waals surface area contributed by atoms with Crippen LogP contribution in [0.15, 0.2) is 24.3 Å². The van der Waals surface area contributed by atoms with E-state index < -0.39 is 0 Å². The second kappa shape index (κ2) is 8.53. The van der Waals surface area contributed by atoms with Crippen molar-refractivity contribution < 1.29 is 29.9 Å². The topological polar surface area (TPSA) is 99.4 Å². The number of ether oxygens (including phenoxy) is 2. The molecule has 0 saturated heterocycles. The van der Waals surface area contributed by atoms with E-state index in [0.717, 1.165) is 5.56 Å². The first-order valence-corrected chi connectivity index (χ1v) is 7.68. The van der Waals surface area contributed by atoms with Gasteiger partial charge in [0.25, 0.3) is 0 Å². The molecule has 2 rings (SSSR count). The summed E-state index contributed by atoms with van der Waals surface area (Å²) in [7, 11) is 2.92. The van der Waals surface area contributed by atoms with E-state index in [1.165, 1.54) is 20.3 Å². The summed E-state index contributed by atoms with van der Waals surface area (Å²) < 4.78 is 10.3. The molecule has 0 saturated carbocycles. The Balaban J connectivity index is 2.41. The minimum atomic E-state index is -0.258. The molecule has 0 aliphatic rings. The molecular formula is C19H22O6. The molecule has 0 spiro atoms. The second-order valence-electron chi connectivity index (χ2n) is 5.40. The number of hydrogen-bond acceptors (Lipinski definition) is 6. The molecule has 0 aliphatic heterocycles. The lowest BCUT2D eigenvalue weighted by Crippen LogP contribution is -1.99. The van der Waals surface area contributed by atoms with Gasteiger partial charge in [-0.25, -0.2) is 0 Å². The predicted molar refractivity (Wildman–Crippen MR) is 94.3 cm³/mol. The van der Waals surface area contributed by atoms with E-state index >= 15 is 0 Å². The summed E-state index contributed by atoms with van der Waals surface area (Å²) in [6.07, 6.45) is 3.54. The molecule has 6 nitrogen and oxygen atoms in total. The first kappa shape index (κ1) is 18.8. The van der Waals surface area contributed by atoms with Crippen LogP contribution < -0.4 is 9.47 Å². The smallest absolute Gasteiger partial charge is 0.166 e. The standard InChI is InChI=1S/C19H22O6/c1-24-18-8-13(5-14(9-20)16(18)11-22)4-3-12-6-15(10-21)19(25-2)17(23)7-12/h3-8,20-23H,9-11H2,1-2H3/b4-3-. The zero-order valence-electron chi connectivity index (χ0n) is 14.2. The third-order valence-corrected chi connectivity index (χ3v) is 3.88. The average Bonchev–Trinajstić information content (AvgIpc) is 2.64. The number of benzene rings is 2. The monoisotopic (exact) mass is 346 g/mol. The number of aliphatic hydroxyl groups excluding tert-OH is 3. The van der Waals surface area contributed by atoms with Crippen LogP contribution in [0.1, 0.15) is 27.8 Å². The van der Waals surface area contributed by atoms with Crippen molar-refractivity contribution in [2.45, 2.75) is 19.8 Å². The molecule has 2 aromatic rings. The minimum Gasteiger partial charge on any atom is -0.504 e. The van der Waals surface area contributed by atoms with Gasteiger partial charge in [0.05, 0.1) is 34.0 Å². The summed E-state index contributed by atoms with van der Waals surface area (Å²) in [6.45, 7) is -0.701. The van der Waals surface area contributed by atoms with Crippen LogP contribution in [-0.2, 0) is 19.8 Å². The quantitative estimate of drug-likeness (QED) is 0.573. The molecule has 134 valence electrons. The fraction of sp³-hybridized carbons (Fsp3) is 0.263. The number of phenols is 1. The first-order chi connectivity index (χ1) is 12.1. The maximum atomic E-state index is 9.98. The molecule has 0 aliphatic carbocycles. The molecule has 0 fully saturated rings. The van der Waals surface area contributed by atoms with E-state index in [1.807, 2.05) is 0 Å². The summed E-state index contributed by atoms with van der Waals surface area (Å²) >= 11 is 0. The molecule has 0 heterocycles. The van der Waals surface area contributed by atoms with Crippen LogP contribution in [0.3, 0.4) is 0 Å². The Morgan fingerprint density at radius 2 is 1.40 bits per heavy atom. The summed E-state index contributed by atoms with van der Waals surface area (Å²) in [5.41, 5.74) is 3.05. The molecule has 4 N–H and O–H groups in total. The molecule has 0 bridgehead atoms. The maximum Gasteiger partial charge on any atom is 0.166 e. The van der Waals surface area contributed by atoms with E-state index in [4.69, 9.17) is 9.47 Å². The van der Waals surface area contributed by atoms with Crippen molar-refractivity contribution in [3.8, 4) is 17.2 Å². The molecule has 0 amide bonds. The van der Waals surface area contributed by atoms with Crippen molar-refractivity contribution in [3.63, 3.8) is 0 Å². The van der Waals surface area contributed by atoms with E-state index in [9.17, 15) is 20.4 Å². The van der Waals surface area contributed by atoms with E-state index in [1.54, 1.807) is 30.4 Å². The SMILES string of the molecule is COc1cc(/C=C\c2cc(O)c(OC)c(CO)c2)cc(CO)c1CO. The first-order valence-electron chi connectivity index (χ1n) is 7.68. The third-order valence-electron chi connectivity index (χ3n) is 3.88. The van der Waals surface area contributed by atoms with Crippen LogP contribution in [-0.4, -0.2) is 34.6 Å². The third kappa shape index (κ3) is 4.11. The Morgan fingerprint density at radius 3 is 1.92 bits per heavy atom. The van der Waals surface area contributed by atoms with Crippen molar-refractivity contribution in [1.82, 2.24) is 0 Å². The van der Waals surface area contributed by atoms with Crippen molar-refractivity contribution in [2.24, 2.45) is 0 Å².